The van der Waals surface area contributed by atoms with Gasteiger partial charge in [-0.15, -0.1) is 0 Å². The van der Waals surface area contributed by atoms with Crippen LogP contribution in [0.2, 0.25) is 0 Å². The molecule has 8 heteroatoms. The van der Waals surface area contributed by atoms with Crippen LogP contribution >= 0.6 is 0 Å². The largest absolute Gasteiger partial charge is 0.452 e. The van der Waals surface area contributed by atoms with Crippen LogP contribution in [0.1, 0.15) is 27.0 Å². The van der Waals surface area contributed by atoms with Crippen molar-refractivity contribution in [1.29, 1.82) is 0 Å². The standard InChI is InChI=1S/C18H17F3N2O3/c1-10-4-3-5-15(11(10)2)23-16(24)9-26-17(25)13-7-6-12(8-14(13)22)18(19,20)21/h3-8H,9,22H2,1-2H3,(H,23,24). The van der Waals surface area contributed by atoms with E-state index in [0.717, 1.165) is 23.3 Å². The molecule has 5 nitrogen and oxygen atoms in total. The van der Waals surface area contributed by atoms with Gasteiger partial charge in [-0.25, -0.2) is 4.79 Å². The predicted octanol–water partition coefficient (Wildman–Crippen LogP) is 3.70. The number of esters is 1. The van der Waals surface area contributed by atoms with Gasteiger partial charge in [0.05, 0.1) is 11.1 Å². The van der Waals surface area contributed by atoms with Crippen molar-refractivity contribution in [3.05, 3.63) is 58.7 Å². The van der Waals surface area contributed by atoms with E-state index in [9.17, 15) is 22.8 Å². The average molecular weight is 366 g/mol. The van der Waals surface area contributed by atoms with Crippen LogP contribution in [0.5, 0.6) is 0 Å². The molecule has 0 aliphatic carbocycles. The number of nitrogen functional groups attached to an aromatic ring is 1. The molecular formula is C18H17F3N2O3. The molecule has 0 fully saturated rings. The third-order valence-corrected chi connectivity index (χ3v) is 3.81. The molecule has 0 aliphatic rings. The van der Waals surface area contributed by atoms with E-state index in [-0.39, 0.29) is 11.3 Å². The first-order valence-electron chi connectivity index (χ1n) is 7.59. The van der Waals surface area contributed by atoms with Crippen LogP contribution in [-0.2, 0) is 15.7 Å². The number of nitrogens with two attached hydrogens (primary N) is 1. The summed E-state index contributed by atoms with van der Waals surface area (Å²) in [5.74, 6) is -1.55. The van der Waals surface area contributed by atoms with Crippen molar-refractivity contribution in [2.45, 2.75) is 20.0 Å². The van der Waals surface area contributed by atoms with Crippen molar-refractivity contribution in [1.82, 2.24) is 0 Å². The lowest BCUT2D eigenvalue weighted by Crippen LogP contribution is -2.22. The Balaban J connectivity index is 2.00. The Kier molecular flexibility index (Phi) is 5.54. The van der Waals surface area contributed by atoms with Gasteiger partial charge >= 0.3 is 12.1 Å². The number of anilines is 2. The molecule has 3 N–H and O–H groups in total. The van der Waals surface area contributed by atoms with Crippen LogP contribution < -0.4 is 11.1 Å². The fourth-order valence-electron chi connectivity index (χ4n) is 2.21. The Morgan fingerprint density at radius 1 is 1.15 bits per heavy atom. The highest BCUT2D eigenvalue weighted by atomic mass is 19.4. The van der Waals surface area contributed by atoms with E-state index in [2.05, 4.69) is 5.32 Å². The quantitative estimate of drug-likeness (QED) is 0.639. The minimum absolute atomic E-state index is 0.238. The van der Waals surface area contributed by atoms with Crippen LogP contribution in [0.15, 0.2) is 36.4 Å². The maximum absolute atomic E-state index is 12.6. The van der Waals surface area contributed by atoms with Gasteiger partial charge in [-0.1, -0.05) is 12.1 Å². The lowest BCUT2D eigenvalue weighted by Gasteiger charge is -2.12. The highest BCUT2D eigenvalue weighted by molar-refractivity contribution is 5.98. The van der Waals surface area contributed by atoms with Crippen molar-refractivity contribution in [2.24, 2.45) is 0 Å². The smallest absolute Gasteiger partial charge is 0.416 e. The number of rotatable bonds is 4. The van der Waals surface area contributed by atoms with Crippen LogP contribution in [0.25, 0.3) is 0 Å². The zero-order valence-electron chi connectivity index (χ0n) is 14.1. The van der Waals surface area contributed by atoms with Crippen LogP contribution in [0, 0.1) is 13.8 Å². The fraction of sp³-hybridized carbons (Fsp3) is 0.222. The first kappa shape index (κ1) is 19.3. The number of nitrogens with one attached hydrogen (secondary N) is 1. The van der Waals surface area contributed by atoms with Crippen molar-refractivity contribution < 1.29 is 27.5 Å². The Bertz CT molecular complexity index is 848. The maximum Gasteiger partial charge on any atom is 0.416 e. The maximum atomic E-state index is 12.6. The summed E-state index contributed by atoms with van der Waals surface area (Å²) in [6, 6.07) is 7.65. The molecule has 0 aromatic heterocycles. The molecule has 0 saturated carbocycles. The van der Waals surface area contributed by atoms with Crippen LogP contribution in [0.4, 0.5) is 24.5 Å². The fourth-order valence-corrected chi connectivity index (χ4v) is 2.21. The van der Waals surface area contributed by atoms with Crippen LogP contribution in [0.3, 0.4) is 0 Å². The van der Waals surface area contributed by atoms with Gasteiger partial charge in [-0.2, -0.15) is 13.2 Å². The summed E-state index contributed by atoms with van der Waals surface area (Å²) in [6.45, 7) is 3.13. The molecule has 0 aliphatic heterocycles. The lowest BCUT2D eigenvalue weighted by molar-refractivity contribution is -0.137. The van der Waals surface area contributed by atoms with E-state index in [1.807, 2.05) is 19.9 Å². The lowest BCUT2D eigenvalue weighted by atomic mass is 10.1. The number of benzene rings is 2. The Hall–Kier alpha value is -3.03. The summed E-state index contributed by atoms with van der Waals surface area (Å²) in [5.41, 5.74) is 6.34. The third-order valence-electron chi connectivity index (χ3n) is 3.81. The molecule has 0 spiro atoms. The monoisotopic (exact) mass is 366 g/mol. The third kappa shape index (κ3) is 4.53. The SMILES string of the molecule is Cc1cccc(NC(=O)COC(=O)c2ccc(C(F)(F)F)cc2N)c1C. The number of alkyl halides is 3. The van der Waals surface area contributed by atoms with Gasteiger partial charge in [0.2, 0.25) is 0 Å². The molecule has 0 radical (unpaired) electrons. The summed E-state index contributed by atoms with van der Waals surface area (Å²) >= 11 is 0. The number of carbonyl (C=O) groups is 2. The highest BCUT2D eigenvalue weighted by Crippen LogP contribution is 2.31. The van der Waals surface area contributed by atoms with Gasteiger partial charge in [-0.3, -0.25) is 4.79 Å². The number of carbonyl (C=O) groups excluding carboxylic acids is 2. The van der Waals surface area contributed by atoms with Crippen molar-refractivity contribution in [2.75, 3.05) is 17.7 Å². The highest BCUT2D eigenvalue weighted by Gasteiger charge is 2.31. The minimum atomic E-state index is -4.57. The first-order chi connectivity index (χ1) is 12.1. The van der Waals surface area contributed by atoms with E-state index in [0.29, 0.717) is 11.8 Å². The molecule has 26 heavy (non-hydrogen) atoms. The molecule has 0 atom stereocenters. The van der Waals surface area contributed by atoms with E-state index >= 15 is 0 Å². The van der Waals surface area contributed by atoms with Crippen molar-refractivity contribution in [3.8, 4) is 0 Å². The Morgan fingerprint density at radius 2 is 1.85 bits per heavy atom. The number of ether oxygens (including phenoxy) is 1. The number of halogens is 3. The Morgan fingerprint density at radius 3 is 2.46 bits per heavy atom. The molecule has 2 aromatic carbocycles. The van der Waals surface area contributed by atoms with Crippen molar-refractivity contribution in [3.63, 3.8) is 0 Å². The molecule has 0 saturated heterocycles. The second-order valence-electron chi connectivity index (χ2n) is 5.67. The van der Waals surface area contributed by atoms with E-state index in [1.165, 1.54) is 0 Å². The molecule has 138 valence electrons. The number of amides is 1. The summed E-state index contributed by atoms with van der Waals surface area (Å²) in [7, 11) is 0. The van der Waals surface area contributed by atoms with E-state index in [1.54, 1.807) is 12.1 Å². The number of hydrogen-bond donors (Lipinski definition) is 2. The van der Waals surface area contributed by atoms with Crippen LogP contribution in [-0.4, -0.2) is 18.5 Å². The van der Waals surface area contributed by atoms with Gasteiger partial charge in [0.15, 0.2) is 6.61 Å². The molecular weight excluding hydrogens is 349 g/mol. The first-order valence-corrected chi connectivity index (χ1v) is 7.59. The second-order valence-corrected chi connectivity index (χ2v) is 5.67. The molecule has 2 rings (SSSR count). The van der Waals surface area contributed by atoms with Gasteiger partial charge in [0.25, 0.3) is 5.91 Å². The number of aryl methyl sites for hydroxylation is 1. The second kappa shape index (κ2) is 7.47. The zero-order chi connectivity index (χ0) is 19.5. The van der Waals surface area contributed by atoms with Gasteiger partial charge in [0, 0.05) is 11.4 Å². The zero-order valence-corrected chi connectivity index (χ0v) is 14.1. The Labute approximate surface area is 148 Å². The van der Waals surface area contributed by atoms with E-state index in [4.69, 9.17) is 10.5 Å². The number of hydrogen-bond acceptors (Lipinski definition) is 4. The molecule has 2 aromatic rings. The summed E-state index contributed by atoms with van der Waals surface area (Å²) in [4.78, 5) is 23.9. The van der Waals surface area contributed by atoms with Gasteiger partial charge in [-0.05, 0) is 49.2 Å². The summed E-state index contributed by atoms with van der Waals surface area (Å²) in [6.07, 6.45) is -4.57. The molecule has 1 amide bonds. The van der Waals surface area contributed by atoms with Gasteiger partial charge in [0.1, 0.15) is 0 Å². The topological polar surface area (TPSA) is 81.4 Å². The van der Waals surface area contributed by atoms with Crippen molar-refractivity contribution >= 4 is 23.3 Å². The minimum Gasteiger partial charge on any atom is -0.452 e. The summed E-state index contributed by atoms with van der Waals surface area (Å²) < 4.78 is 42.6. The van der Waals surface area contributed by atoms with Gasteiger partial charge < -0.3 is 15.8 Å². The molecule has 0 heterocycles. The predicted molar refractivity (Wildman–Crippen MR) is 90.7 cm³/mol. The summed E-state index contributed by atoms with van der Waals surface area (Å²) in [5, 5.41) is 2.61. The molecule has 0 unspecified atom stereocenters. The molecule has 0 bridgehead atoms. The normalized spacial score (nSPS) is 11.1. The average Bonchev–Trinajstić information content (AvgIpc) is 2.56. The van der Waals surface area contributed by atoms with E-state index < -0.39 is 30.2 Å².